The van der Waals surface area contributed by atoms with Crippen molar-refractivity contribution < 1.29 is 0 Å². The van der Waals surface area contributed by atoms with E-state index in [0.717, 1.165) is 22.9 Å². The number of nitrogens with zero attached hydrogens (tertiary/aromatic N) is 2. The van der Waals surface area contributed by atoms with Gasteiger partial charge in [0.05, 0.1) is 11.7 Å². The van der Waals surface area contributed by atoms with Crippen LogP contribution in [-0.2, 0) is 0 Å². The highest BCUT2D eigenvalue weighted by molar-refractivity contribution is 7.32. The van der Waals surface area contributed by atoms with Crippen LogP contribution in [-0.4, -0.2) is 16.8 Å². The van der Waals surface area contributed by atoms with Gasteiger partial charge in [0.1, 0.15) is 19.1 Å². The third-order valence-electron chi connectivity index (χ3n) is 10.7. The van der Waals surface area contributed by atoms with E-state index < -0.39 is 8.07 Å². The standard InChI is InChI=1S/C40H48N2S5Si/c1-7-11-13-27(9-3)23-48(24-28(10-4)14-12-8-2)35-21-26(6)44-39(35)40-36(48)22-34(46-40)33-20-19-32(45-33)30-17-16-29(31-18-15-25(5)43-31)37-38(30)42-47-41-37/h15-22,27-28H,7-14,23-24H2,1-6H3. The topological polar surface area (TPSA) is 25.8 Å². The van der Waals surface area contributed by atoms with E-state index in [1.165, 1.54) is 116 Å². The number of aryl methyl sites for hydroxylation is 2. The van der Waals surface area contributed by atoms with Gasteiger partial charge >= 0.3 is 0 Å². The van der Waals surface area contributed by atoms with Crippen LogP contribution in [0.25, 0.3) is 51.4 Å². The molecular weight excluding hydrogens is 697 g/mol. The van der Waals surface area contributed by atoms with Gasteiger partial charge in [-0.3, -0.25) is 0 Å². The maximum Gasteiger partial charge on any atom is 0.122 e. The monoisotopic (exact) mass is 744 g/mol. The number of aromatic nitrogens is 2. The molecule has 0 amide bonds. The van der Waals surface area contributed by atoms with Crippen LogP contribution in [0.15, 0.2) is 48.5 Å². The number of hydrogen-bond acceptors (Lipinski definition) is 7. The lowest BCUT2D eigenvalue weighted by Gasteiger charge is -2.35. The third-order valence-corrected chi connectivity index (χ3v) is 21.7. The lowest BCUT2D eigenvalue weighted by Crippen LogP contribution is -2.56. The molecule has 5 aromatic heterocycles. The molecule has 0 spiro atoms. The molecule has 1 aliphatic rings. The van der Waals surface area contributed by atoms with E-state index in [1.807, 2.05) is 22.7 Å². The van der Waals surface area contributed by atoms with Crippen molar-refractivity contribution in [3.8, 4) is 40.4 Å². The van der Waals surface area contributed by atoms with Crippen molar-refractivity contribution in [2.75, 3.05) is 0 Å². The summed E-state index contributed by atoms with van der Waals surface area (Å²) >= 11 is 9.26. The van der Waals surface area contributed by atoms with Crippen molar-refractivity contribution in [2.24, 2.45) is 11.8 Å². The first-order chi connectivity index (χ1) is 23.4. The van der Waals surface area contributed by atoms with Crippen LogP contribution in [0, 0.1) is 25.7 Å². The molecule has 2 unspecified atom stereocenters. The van der Waals surface area contributed by atoms with E-state index in [0.29, 0.717) is 0 Å². The molecular formula is C40H48N2S5Si. The van der Waals surface area contributed by atoms with E-state index in [4.69, 9.17) is 8.75 Å². The average molecular weight is 745 g/mol. The van der Waals surface area contributed by atoms with E-state index in [1.54, 1.807) is 20.1 Å². The molecule has 0 fully saturated rings. The normalized spacial score (nSPS) is 16.9. The molecule has 0 N–H and O–H groups in total. The minimum atomic E-state index is -1.94. The fraction of sp³-hybridized carbons (Fsp3) is 0.450. The van der Waals surface area contributed by atoms with Crippen molar-refractivity contribution in [2.45, 2.75) is 105 Å². The molecule has 0 saturated heterocycles. The molecule has 8 heteroatoms. The average Bonchev–Trinajstić information content (AvgIpc) is 3.94. The number of fused-ring (bicyclic) bond motifs is 4. The van der Waals surface area contributed by atoms with Crippen LogP contribution in [0.5, 0.6) is 0 Å². The van der Waals surface area contributed by atoms with Crippen LogP contribution < -0.4 is 10.4 Å². The minimum Gasteiger partial charge on any atom is -0.172 e. The second kappa shape index (κ2) is 14.7. The summed E-state index contributed by atoms with van der Waals surface area (Å²) in [5.41, 5.74) is 4.47. The molecule has 0 radical (unpaired) electrons. The van der Waals surface area contributed by atoms with Crippen molar-refractivity contribution in [3.05, 3.63) is 58.3 Å². The predicted molar refractivity (Wildman–Crippen MR) is 221 cm³/mol. The number of unbranched alkanes of at least 4 members (excludes halogenated alkanes) is 2. The van der Waals surface area contributed by atoms with E-state index in [-0.39, 0.29) is 0 Å². The fourth-order valence-electron chi connectivity index (χ4n) is 8.07. The number of thiophene rings is 4. The van der Waals surface area contributed by atoms with Gasteiger partial charge in [0, 0.05) is 50.1 Å². The molecule has 1 aromatic carbocycles. The zero-order valence-corrected chi connectivity index (χ0v) is 34.4. The van der Waals surface area contributed by atoms with Crippen LogP contribution in [0.4, 0.5) is 0 Å². The first kappa shape index (κ1) is 34.5. The zero-order valence-electron chi connectivity index (χ0n) is 29.3. The van der Waals surface area contributed by atoms with Gasteiger partial charge in [-0.1, -0.05) is 91.2 Å². The molecule has 2 nitrogen and oxygen atoms in total. The maximum absolute atomic E-state index is 4.82. The minimum absolute atomic E-state index is 0.825. The Balaban J connectivity index is 1.29. The van der Waals surface area contributed by atoms with Gasteiger partial charge in [0.15, 0.2) is 0 Å². The molecule has 0 saturated carbocycles. The molecule has 2 atom stereocenters. The SMILES string of the molecule is CCCCC(CC)C[Si]1(CC(CC)CCCC)c2cc(C)sc2-c2sc(-c3ccc(-c4ccc(-c5ccc(C)s5)c5nsnc45)s3)cc21. The van der Waals surface area contributed by atoms with E-state index in [2.05, 4.69) is 113 Å². The molecule has 0 aliphatic carbocycles. The number of benzene rings is 1. The van der Waals surface area contributed by atoms with Crippen LogP contribution in [0.3, 0.4) is 0 Å². The molecule has 0 bridgehead atoms. The number of rotatable bonds is 15. The molecule has 1 aliphatic heterocycles. The van der Waals surface area contributed by atoms with Crippen LogP contribution in [0.1, 0.15) is 88.8 Å². The predicted octanol–water partition coefficient (Wildman–Crippen LogP) is 13.5. The Hall–Kier alpha value is -1.94. The van der Waals surface area contributed by atoms with E-state index >= 15 is 0 Å². The smallest absolute Gasteiger partial charge is 0.122 e. The Morgan fingerprint density at radius 2 is 1.15 bits per heavy atom. The summed E-state index contributed by atoms with van der Waals surface area (Å²) in [5, 5.41) is 3.58. The second-order valence-corrected chi connectivity index (χ2v) is 23.2. The maximum atomic E-state index is 4.82. The summed E-state index contributed by atoms with van der Waals surface area (Å²) in [6, 6.07) is 21.9. The van der Waals surface area contributed by atoms with Crippen molar-refractivity contribution >= 4 is 86.6 Å². The van der Waals surface area contributed by atoms with Crippen molar-refractivity contribution in [1.29, 1.82) is 0 Å². The third kappa shape index (κ3) is 6.39. The Bertz CT molecular complexity index is 1990. The van der Waals surface area contributed by atoms with Gasteiger partial charge in [0.25, 0.3) is 0 Å². The van der Waals surface area contributed by atoms with Gasteiger partial charge in [-0.25, -0.2) is 0 Å². The van der Waals surface area contributed by atoms with Crippen LogP contribution in [0.2, 0.25) is 12.1 Å². The molecule has 252 valence electrons. The first-order valence-electron chi connectivity index (χ1n) is 18.1. The van der Waals surface area contributed by atoms with Gasteiger partial charge in [-0.05, 0) is 84.5 Å². The highest BCUT2D eigenvalue weighted by Gasteiger charge is 2.49. The largest absolute Gasteiger partial charge is 0.172 e. The Labute approximate surface area is 308 Å². The summed E-state index contributed by atoms with van der Waals surface area (Å²) in [5.74, 6) is 1.65. The van der Waals surface area contributed by atoms with Crippen molar-refractivity contribution in [1.82, 2.24) is 8.75 Å². The van der Waals surface area contributed by atoms with Gasteiger partial charge in [-0.15, -0.1) is 45.3 Å². The second-order valence-electron chi connectivity index (χ2n) is 14.0. The molecule has 6 aromatic rings. The lowest BCUT2D eigenvalue weighted by molar-refractivity contribution is 0.469. The van der Waals surface area contributed by atoms with Gasteiger partial charge < -0.3 is 0 Å². The summed E-state index contributed by atoms with van der Waals surface area (Å²) < 4.78 is 9.60. The van der Waals surface area contributed by atoms with E-state index in [9.17, 15) is 0 Å². The Morgan fingerprint density at radius 3 is 1.73 bits per heavy atom. The van der Waals surface area contributed by atoms with Gasteiger partial charge in [0.2, 0.25) is 0 Å². The molecule has 6 heterocycles. The zero-order chi connectivity index (χ0) is 33.4. The highest BCUT2D eigenvalue weighted by atomic mass is 32.1. The highest BCUT2D eigenvalue weighted by Crippen LogP contribution is 2.49. The first-order valence-corrected chi connectivity index (χ1v) is 24.5. The van der Waals surface area contributed by atoms with Gasteiger partial charge in [-0.2, -0.15) is 8.75 Å². The molecule has 7 rings (SSSR count). The quantitative estimate of drug-likeness (QED) is 0.0979. The lowest BCUT2D eigenvalue weighted by atomic mass is 10.0. The Kier molecular flexibility index (Phi) is 10.6. The summed E-state index contributed by atoms with van der Waals surface area (Å²) in [6.45, 7) is 14.2. The van der Waals surface area contributed by atoms with Crippen LogP contribution >= 0.6 is 57.1 Å². The van der Waals surface area contributed by atoms with Crippen molar-refractivity contribution in [3.63, 3.8) is 0 Å². The fourth-order valence-corrected chi connectivity index (χ4v) is 21.0. The summed E-state index contributed by atoms with van der Waals surface area (Å²) in [4.78, 5) is 11.5. The number of hydrogen-bond donors (Lipinski definition) is 0. The molecule has 48 heavy (non-hydrogen) atoms. The Morgan fingerprint density at radius 1 is 0.583 bits per heavy atom. The summed E-state index contributed by atoms with van der Waals surface area (Å²) in [7, 11) is -1.94. The summed E-state index contributed by atoms with van der Waals surface area (Å²) in [6.07, 6.45) is 10.7.